The summed E-state index contributed by atoms with van der Waals surface area (Å²) in [6.07, 6.45) is 0.506. The second-order valence-electron chi connectivity index (χ2n) is 4.56. The lowest BCUT2D eigenvalue weighted by Crippen LogP contribution is -2.33. The maximum absolute atomic E-state index is 12.1. The van der Waals surface area contributed by atoms with Gasteiger partial charge < -0.3 is 14.8 Å². The summed E-state index contributed by atoms with van der Waals surface area (Å²) in [7, 11) is 0. The molecule has 1 amide bonds. The van der Waals surface area contributed by atoms with Crippen molar-refractivity contribution in [1.82, 2.24) is 5.32 Å². The van der Waals surface area contributed by atoms with Crippen LogP contribution in [0.1, 0.15) is 29.5 Å². The van der Waals surface area contributed by atoms with Crippen molar-refractivity contribution in [3.05, 3.63) is 34.5 Å². The van der Waals surface area contributed by atoms with E-state index in [-0.39, 0.29) is 24.3 Å². The van der Waals surface area contributed by atoms with Gasteiger partial charge in [-0.2, -0.15) is 0 Å². The van der Waals surface area contributed by atoms with Gasteiger partial charge in [-0.3, -0.25) is 4.79 Å². The predicted molar refractivity (Wildman–Crippen MR) is 74.6 cm³/mol. The largest absolute Gasteiger partial charge is 0.449 e. The van der Waals surface area contributed by atoms with Gasteiger partial charge in [-0.15, -0.1) is 0 Å². The molecule has 1 unspecified atom stereocenters. The molecule has 2 rings (SSSR count). The highest BCUT2D eigenvalue weighted by molar-refractivity contribution is 6.35. The number of rotatable bonds is 4. The average molecular weight is 282 g/mol. The second kappa shape index (κ2) is 5.63. The van der Waals surface area contributed by atoms with E-state index in [1.807, 2.05) is 26.0 Å². The number of amides is 1. The summed E-state index contributed by atoms with van der Waals surface area (Å²) < 4.78 is 5.56. The lowest BCUT2D eigenvalue weighted by atomic mass is 10.1. The minimum atomic E-state index is -0.286. The smallest absolute Gasteiger partial charge is 0.287 e. The molecule has 0 saturated carbocycles. The molecule has 0 radical (unpaired) electrons. The van der Waals surface area contributed by atoms with Crippen LogP contribution in [0.3, 0.4) is 0 Å². The molecule has 19 heavy (non-hydrogen) atoms. The highest BCUT2D eigenvalue weighted by Crippen LogP contribution is 2.30. The fourth-order valence-electron chi connectivity index (χ4n) is 1.98. The summed E-state index contributed by atoms with van der Waals surface area (Å²) in [5.41, 5.74) is 1.30. The molecule has 0 aliphatic carbocycles. The number of fused-ring (bicyclic) bond motifs is 1. The van der Waals surface area contributed by atoms with Crippen molar-refractivity contribution >= 4 is 28.5 Å². The molecular weight excluding hydrogens is 266 g/mol. The second-order valence-corrected chi connectivity index (χ2v) is 4.97. The van der Waals surface area contributed by atoms with E-state index < -0.39 is 0 Å². The van der Waals surface area contributed by atoms with Gasteiger partial charge in [0.2, 0.25) is 0 Å². The molecule has 5 heteroatoms. The SMILES string of the molecule is Cc1c(C(=O)NC(C)CCO)oc2c(Cl)cccc12. The lowest BCUT2D eigenvalue weighted by Gasteiger charge is -2.11. The van der Waals surface area contributed by atoms with Gasteiger partial charge in [0.1, 0.15) is 0 Å². The highest BCUT2D eigenvalue weighted by atomic mass is 35.5. The van der Waals surface area contributed by atoms with Gasteiger partial charge in [0.25, 0.3) is 5.91 Å². The third kappa shape index (κ3) is 2.74. The molecule has 1 heterocycles. The minimum Gasteiger partial charge on any atom is -0.449 e. The number of nitrogens with one attached hydrogen (secondary N) is 1. The monoisotopic (exact) mass is 281 g/mol. The third-order valence-electron chi connectivity index (χ3n) is 3.06. The normalized spacial score (nSPS) is 12.6. The van der Waals surface area contributed by atoms with Crippen molar-refractivity contribution in [3.8, 4) is 0 Å². The van der Waals surface area contributed by atoms with Gasteiger partial charge in [0.15, 0.2) is 11.3 Å². The van der Waals surface area contributed by atoms with Crippen LogP contribution in [0, 0.1) is 6.92 Å². The van der Waals surface area contributed by atoms with Crippen molar-refractivity contribution in [3.63, 3.8) is 0 Å². The van der Waals surface area contributed by atoms with Crippen molar-refractivity contribution in [2.24, 2.45) is 0 Å². The first-order valence-corrected chi connectivity index (χ1v) is 6.51. The lowest BCUT2D eigenvalue weighted by molar-refractivity contribution is 0.0907. The summed E-state index contributed by atoms with van der Waals surface area (Å²) in [6.45, 7) is 3.69. The Labute approximate surface area is 116 Å². The molecule has 0 bridgehead atoms. The molecule has 102 valence electrons. The zero-order valence-electron chi connectivity index (χ0n) is 10.9. The molecule has 0 saturated heterocycles. The summed E-state index contributed by atoms with van der Waals surface area (Å²) >= 11 is 6.04. The van der Waals surface area contributed by atoms with Gasteiger partial charge in [0, 0.05) is 23.6 Å². The van der Waals surface area contributed by atoms with E-state index in [1.54, 1.807) is 6.07 Å². The van der Waals surface area contributed by atoms with Gasteiger partial charge in [-0.05, 0) is 26.3 Å². The van der Waals surface area contributed by atoms with E-state index in [4.69, 9.17) is 21.1 Å². The first kappa shape index (κ1) is 13.9. The van der Waals surface area contributed by atoms with Crippen LogP contribution < -0.4 is 5.32 Å². The van der Waals surface area contributed by atoms with Crippen LogP contribution in [-0.2, 0) is 0 Å². The summed E-state index contributed by atoms with van der Waals surface area (Å²) in [5.74, 6) is -0.0152. The quantitative estimate of drug-likeness (QED) is 0.906. The van der Waals surface area contributed by atoms with Crippen LogP contribution in [0.25, 0.3) is 11.0 Å². The third-order valence-corrected chi connectivity index (χ3v) is 3.36. The van der Waals surface area contributed by atoms with Gasteiger partial charge in [0.05, 0.1) is 5.02 Å². The summed E-state index contributed by atoms with van der Waals surface area (Å²) in [6, 6.07) is 5.31. The highest BCUT2D eigenvalue weighted by Gasteiger charge is 2.19. The number of carbonyl (C=O) groups is 1. The number of para-hydroxylation sites is 1. The first-order valence-electron chi connectivity index (χ1n) is 6.14. The number of hydrogen-bond acceptors (Lipinski definition) is 3. The Bertz CT molecular complexity index is 606. The number of aliphatic hydroxyl groups excluding tert-OH is 1. The van der Waals surface area contributed by atoms with Crippen molar-refractivity contribution in [2.45, 2.75) is 26.3 Å². The van der Waals surface area contributed by atoms with Crippen LogP contribution in [0.2, 0.25) is 5.02 Å². The molecule has 2 N–H and O–H groups in total. The molecule has 0 fully saturated rings. The van der Waals surface area contributed by atoms with E-state index in [0.717, 1.165) is 10.9 Å². The zero-order chi connectivity index (χ0) is 14.0. The molecule has 1 aromatic carbocycles. The van der Waals surface area contributed by atoms with Crippen molar-refractivity contribution in [1.29, 1.82) is 0 Å². The molecule has 2 aromatic rings. The van der Waals surface area contributed by atoms with Gasteiger partial charge in [-0.25, -0.2) is 0 Å². The fourth-order valence-corrected chi connectivity index (χ4v) is 2.19. The van der Waals surface area contributed by atoms with Crippen LogP contribution in [0.15, 0.2) is 22.6 Å². The number of halogens is 1. The van der Waals surface area contributed by atoms with Crippen molar-refractivity contribution < 1.29 is 14.3 Å². The molecule has 0 aliphatic rings. The number of hydrogen-bond donors (Lipinski definition) is 2. The molecule has 0 spiro atoms. The van der Waals surface area contributed by atoms with Crippen molar-refractivity contribution in [2.75, 3.05) is 6.61 Å². The van der Waals surface area contributed by atoms with E-state index in [0.29, 0.717) is 17.0 Å². The van der Waals surface area contributed by atoms with E-state index in [1.165, 1.54) is 0 Å². The summed E-state index contributed by atoms with van der Waals surface area (Å²) in [5, 5.41) is 12.9. The first-order chi connectivity index (χ1) is 9.04. The predicted octanol–water partition coefficient (Wildman–Crippen LogP) is 2.90. The summed E-state index contributed by atoms with van der Waals surface area (Å²) in [4.78, 5) is 12.1. The standard InChI is InChI=1S/C14H16ClNO3/c1-8(6-7-17)16-14(18)12-9(2)10-4-3-5-11(15)13(10)19-12/h3-5,8,17H,6-7H2,1-2H3,(H,16,18). The topological polar surface area (TPSA) is 62.5 Å². The van der Waals surface area contributed by atoms with E-state index in [9.17, 15) is 4.79 Å². The number of aliphatic hydroxyl groups is 1. The Hall–Kier alpha value is -1.52. The van der Waals surface area contributed by atoms with Crippen LogP contribution in [0.5, 0.6) is 0 Å². The molecule has 0 aliphatic heterocycles. The minimum absolute atomic E-state index is 0.0341. The fraction of sp³-hybridized carbons (Fsp3) is 0.357. The Morgan fingerprint density at radius 2 is 2.26 bits per heavy atom. The number of aryl methyl sites for hydroxylation is 1. The number of furan rings is 1. The van der Waals surface area contributed by atoms with Gasteiger partial charge >= 0.3 is 0 Å². The van der Waals surface area contributed by atoms with Gasteiger partial charge in [-0.1, -0.05) is 23.7 Å². The maximum Gasteiger partial charge on any atom is 0.287 e. The Morgan fingerprint density at radius 3 is 2.89 bits per heavy atom. The van der Waals surface area contributed by atoms with Crippen LogP contribution in [-0.4, -0.2) is 23.7 Å². The van der Waals surface area contributed by atoms with Crippen LogP contribution in [0.4, 0.5) is 0 Å². The Balaban J connectivity index is 2.32. The van der Waals surface area contributed by atoms with E-state index in [2.05, 4.69) is 5.32 Å². The zero-order valence-corrected chi connectivity index (χ0v) is 11.6. The average Bonchev–Trinajstić information content (AvgIpc) is 2.69. The molecular formula is C14H16ClNO3. The maximum atomic E-state index is 12.1. The molecule has 4 nitrogen and oxygen atoms in total. The van der Waals surface area contributed by atoms with Crippen LogP contribution >= 0.6 is 11.6 Å². The number of carbonyl (C=O) groups excluding carboxylic acids is 1. The Kier molecular flexibility index (Phi) is 4.12. The molecule has 1 aromatic heterocycles. The molecule has 1 atom stereocenters. The Morgan fingerprint density at radius 1 is 1.53 bits per heavy atom. The number of benzene rings is 1. The van der Waals surface area contributed by atoms with E-state index >= 15 is 0 Å².